The van der Waals surface area contributed by atoms with Gasteiger partial charge in [0.15, 0.2) is 11.5 Å². The van der Waals surface area contributed by atoms with Crippen LogP contribution in [0.2, 0.25) is 0 Å². The first kappa shape index (κ1) is 26.9. The van der Waals surface area contributed by atoms with E-state index < -0.39 is 39.1 Å². The van der Waals surface area contributed by atoms with E-state index in [9.17, 15) is 29.8 Å². The van der Waals surface area contributed by atoms with Gasteiger partial charge in [-0.15, -0.1) is 0 Å². The fraction of sp³-hybridized carbons (Fsp3) is 0.179. The number of rotatable bonds is 8. The van der Waals surface area contributed by atoms with Gasteiger partial charge in [0.2, 0.25) is 0 Å². The Morgan fingerprint density at radius 2 is 1.46 bits per heavy atom. The monoisotopic (exact) mass is 528 g/mol. The number of nitro groups is 2. The molecule has 3 aromatic carbocycles. The van der Waals surface area contributed by atoms with E-state index in [0.29, 0.717) is 5.56 Å². The molecular weight excluding hydrogens is 504 g/mol. The molecule has 1 heterocycles. The molecule has 11 heteroatoms. The molecule has 0 saturated heterocycles. The number of non-ortho nitro benzene ring substituents is 1. The number of carbonyl (C=O) groups is 2. The number of nitro benzene ring substituents is 2. The molecule has 11 nitrogen and oxygen atoms in total. The van der Waals surface area contributed by atoms with E-state index in [-0.39, 0.29) is 28.2 Å². The zero-order chi connectivity index (χ0) is 28.4. The van der Waals surface area contributed by atoms with Crippen LogP contribution in [0.5, 0.6) is 0 Å². The molecule has 4 rings (SSSR count). The predicted molar refractivity (Wildman–Crippen MR) is 142 cm³/mol. The molecule has 0 amide bonds. The molecule has 0 radical (unpaired) electrons. The van der Waals surface area contributed by atoms with Crippen LogP contribution in [0.4, 0.5) is 11.4 Å². The van der Waals surface area contributed by atoms with Crippen LogP contribution < -0.4 is 0 Å². The van der Waals surface area contributed by atoms with E-state index in [4.69, 9.17) is 4.74 Å². The van der Waals surface area contributed by atoms with Gasteiger partial charge in [0.25, 0.3) is 5.69 Å². The fourth-order valence-electron chi connectivity index (χ4n) is 3.98. The van der Waals surface area contributed by atoms with E-state index in [1.165, 1.54) is 0 Å². The SMILES string of the molecule is Cc1ccc(C(=O)c2c(-c3ccc(C)cc3)nn(-c3ccc([N+](=O)[O-])cc3[N+](=O)[O-])c2C(=O)OC(C)C)cc1. The number of ketones is 1. The van der Waals surface area contributed by atoms with Crippen LogP contribution in [0.3, 0.4) is 0 Å². The smallest absolute Gasteiger partial charge is 0.358 e. The van der Waals surface area contributed by atoms with Crippen molar-refractivity contribution < 1.29 is 24.2 Å². The Kier molecular flexibility index (Phi) is 7.34. The Labute approximate surface area is 223 Å². The fourth-order valence-corrected chi connectivity index (χ4v) is 3.98. The lowest BCUT2D eigenvalue weighted by Crippen LogP contribution is -2.20. The minimum Gasteiger partial charge on any atom is -0.458 e. The summed E-state index contributed by atoms with van der Waals surface area (Å²) in [6.07, 6.45) is -0.585. The van der Waals surface area contributed by atoms with E-state index in [1.807, 2.05) is 13.8 Å². The number of esters is 1. The highest BCUT2D eigenvalue weighted by Gasteiger charge is 2.34. The van der Waals surface area contributed by atoms with Crippen molar-refractivity contribution in [3.63, 3.8) is 0 Å². The number of benzene rings is 3. The molecule has 198 valence electrons. The van der Waals surface area contributed by atoms with E-state index in [0.717, 1.165) is 34.0 Å². The summed E-state index contributed by atoms with van der Waals surface area (Å²) in [4.78, 5) is 49.2. The van der Waals surface area contributed by atoms with E-state index in [2.05, 4.69) is 5.10 Å². The molecule has 39 heavy (non-hydrogen) atoms. The maximum atomic E-state index is 14.0. The van der Waals surface area contributed by atoms with E-state index >= 15 is 0 Å². The first-order chi connectivity index (χ1) is 18.5. The van der Waals surface area contributed by atoms with Gasteiger partial charge in [-0.1, -0.05) is 59.7 Å². The molecule has 1 aromatic heterocycles. The number of hydrogen-bond acceptors (Lipinski definition) is 8. The van der Waals surface area contributed by atoms with Crippen LogP contribution in [0, 0.1) is 34.1 Å². The standard InChI is InChI=1S/C28H24N4O7/c1-16(2)39-28(34)26-24(27(33)20-11-7-18(4)8-12-20)25(19-9-5-17(3)6-10-19)29-30(26)22-14-13-21(31(35)36)15-23(22)32(37)38/h5-16H,1-4H3. The second-order valence-electron chi connectivity index (χ2n) is 9.19. The third-order valence-corrected chi connectivity index (χ3v) is 5.88. The topological polar surface area (TPSA) is 147 Å². The number of aromatic nitrogens is 2. The van der Waals surface area contributed by atoms with Crippen molar-refractivity contribution in [2.45, 2.75) is 33.8 Å². The molecule has 0 saturated carbocycles. The summed E-state index contributed by atoms with van der Waals surface area (Å²) in [7, 11) is 0. The quantitative estimate of drug-likeness (QED) is 0.121. The van der Waals surface area contributed by atoms with Crippen LogP contribution in [0.15, 0.2) is 66.7 Å². The lowest BCUT2D eigenvalue weighted by atomic mass is 9.96. The normalized spacial score (nSPS) is 10.9. The average Bonchev–Trinajstić information content (AvgIpc) is 3.29. The van der Waals surface area contributed by atoms with Gasteiger partial charge >= 0.3 is 11.7 Å². The lowest BCUT2D eigenvalue weighted by Gasteiger charge is -2.12. The minimum absolute atomic E-state index is 0.101. The summed E-state index contributed by atoms with van der Waals surface area (Å²) in [5, 5.41) is 27.8. The first-order valence-corrected chi connectivity index (χ1v) is 11.9. The Balaban J connectivity index is 2.10. The molecule has 0 N–H and O–H groups in total. The van der Waals surface area contributed by atoms with Gasteiger partial charge in [-0.2, -0.15) is 5.10 Å². The molecule has 0 aliphatic rings. The minimum atomic E-state index is -0.932. The molecule has 0 fully saturated rings. The number of hydrogen-bond donors (Lipinski definition) is 0. The Morgan fingerprint density at radius 3 is 2.00 bits per heavy atom. The zero-order valence-electron chi connectivity index (χ0n) is 21.6. The second kappa shape index (κ2) is 10.7. The molecule has 0 spiro atoms. The average molecular weight is 529 g/mol. The summed E-state index contributed by atoms with van der Waals surface area (Å²) in [5.74, 6) is -1.48. The Hall–Kier alpha value is -5.19. The highest BCUT2D eigenvalue weighted by Crippen LogP contribution is 2.35. The number of aryl methyl sites for hydroxylation is 2. The largest absolute Gasteiger partial charge is 0.458 e. The number of nitrogens with zero attached hydrogens (tertiary/aromatic N) is 4. The summed E-state index contributed by atoms with van der Waals surface area (Å²) < 4.78 is 6.41. The molecule has 0 aliphatic carbocycles. The van der Waals surface area contributed by atoms with E-state index in [1.54, 1.807) is 62.4 Å². The molecule has 4 aromatic rings. The Bertz CT molecular complexity index is 1600. The first-order valence-electron chi connectivity index (χ1n) is 11.9. The van der Waals surface area contributed by atoms with Gasteiger partial charge in [0, 0.05) is 17.2 Å². The molecule has 0 bridgehead atoms. The third-order valence-electron chi connectivity index (χ3n) is 5.88. The van der Waals surface area contributed by atoms with Crippen LogP contribution in [-0.4, -0.2) is 37.5 Å². The molecule has 0 unspecified atom stereocenters. The second-order valence-corrected chi connectivity index (χ2v) is 9.19. The van der Waals surface area contributed by atoms with Gasteiger partial charge in [-0.25, -0.2) is 9.48 Å². The van der Waals surface area contributed by atoms with Crippen molar-refractivity contribution in [1.29, 1.82) is 0 Å². The molecular formula is C28H24N4O7. The summed E-state index contributed by atoms with van der Waals surface area (Å²) in [6, 6.07) is 16.7. The van der Waals surface area contributed by atoms with Gasteiger partial charge in [-0.05, 0) is 33.8 Å². The molecule has 0 atom stereocenters. The highest BCUT2D eigenvalue weighted by molar-refractivity contribution is 6.17. The van der Waals surface area contributed by atoms with Crippen molar-refractivity contribution in [2.24, 2.45) is 0 Å². The summed E-state index contributed by atoms with van der Waals surface area (Å²) in [5.41, 5.74) is 0.846. The summed E-state index contributed by atoms with van der Waals surface area (Å²) in [6.45, 7) is 6.99. The lowest BCUT2D eigenvalue weighted by molar-refractivity contribution is -0.394. The van der Waals surface area contributed by atoms with Gasteiger partial charge in [0.1, 0.15) is 11.4 Å². The van der Waals surface area contributed by atoms with Crippen molar-refractivity contribution in [2.75, 3.05) is 0 Å². The molecule has 0 aliphatic heterocycles. The van der Waals surface area contributed by atoms with Gasteiger partial charge < -0.3 is 4.74 Å². The maximum absolute atomic E-state index is 14.0. The van der Waals surface area contributed by atoms with Crippen LogP contribution in [0.25, 0.3) is 16.9 Å². The van der Waals surface area contributed by atoms with Gasteiger partial charge in [-0.3, -0.25) is 25.0 Å². The van der Waals surface area contributed by atoms with Crippen LogP contribution in [0.1, 0.15) is 51.4 Å². The third kappa shape index (κ3) is 5.42. The highest BCUT2D eigenvalue weighted by atomic mass is 16.6. The van der Waals surface area contributed by atoms with Crippen molar-refractivity contribution >= 4 is 23.1 Å². The maximum Gasteiger partial charge on any atom is 0.358 e. The Morgan fingerprint density at radius 1 is 0.872 bits per heavy atom. The van der Waals surface area contributed by atoms with Crippen LogP contribution in [-0.2, 0) is 4.74 Å². The predicted octanol–water partition coefficient (Wildman–Crippen LogP) is 5.77. The number of ether oxygens (including phenoxy) is 1. The van der Waals surface area contributed by atoms with Gasteiger partial charge in [0.05, 0.1) is 27.6 Å². The van der Waals surface area contributed by atoms with Crippen LogP contribution >= 0.6 is 0 Å². The van der Waals surface area contributed by atoms with Crippen molar-refractivity contribution in [3.8, 4) is 16.9 Å². The zero-order valence-corrected chi connectivity index (χ0v) is 21.6. The van der Waals surface area contributed by atoms with Crippen molar-refractivity contribution in [3.05, 3.63) is 115 Å². The summed E-state index contributed by atoms with van der Waals surface area (Å²) >= 11 is 0. The number of carbonyl (C=O) groups excluding carboxylic acids is 2. The van der Waals surface area contributed by atoms with Crippen molar-refractivity contribution in [1.82, 2.24) is 9.78 Å².